The Morgan fingerprint density at radius 1 is 1.03 bits per heavy atom. The van der Waals surface area contributed by atoms with Crippen molar-refractivity contribution in [2.75, 3.05) is 5.32 Å². The van der Waals surface area contributed by atoms with Gasteiger partial charge in [0, 0.05) is 22.6 Å². The summed E-state index contributed by atoms with van der Waals surface area (Å²) in [6.45, 7) is 0. The van der Waals surface area contributed by atoms with Crippen molar-refractivity contribution in [3.05, 3.63) is 88.7 Å². The number of fused-ring (bicyclic) bond motifs is 3. The monoisotopic (exact) mass is 466 g/mol. The third kappa shape index (κ3) is 3.94. The normalized spacial score (nSPS) is 14.5. The number of benzene rings is 3. The minimum absolute atomic E-state index is 0.0470. The number of aromatic nitrogens is 3. The van der Waals surface area contributed by atoms with Gasteiger partial charge in [-0.25, -0.2) is 4.39 Å². The molecule has 9 heteroatoms. The highest BCUT2D eigenvalue weighted by Gasteiger charge is 2.28. The van der Waals surface area contributed by atoms with E-state index in [1.165, 1.54) is 23.9 Å². The lowest BCUT2D eigenvalue weighted by atomic mass is 10.1. The predicted molar refractivity (Wildman–Crippen MR) is 121 cm³/mol. The van der Waals surface area contributed by atoms with Crippen LogP contribution >= 0.6 is 23.4 Å². The van der Waals surface area contributed by atoms with E-state index in [-0.39, 0.29) is 22.5 Å². The van der Waals surface area contributed by atoms with Gasteiger partial charge in [-0.05, 0) is 23.8 Å². The molecule has 0 radical (unpaired) electrons. The summed E-state index contributed by atoms with van der Waals surface area (Å²) in [5.41, 5.74) is 3.11. The molecule has 0 fully saturated rings. The van der Waals surface area contributed by atoms with Gasteiger partial charge >= 0.3 is 0 Å². The molecule has 6 nitrogen and oxygen atoms in total. The summed E-state index contributed by atoms with van der Waals surface area (Å²) < 4.78 is 20.1. The molecule has 0 bridgehead atoms. The Kier molecular flexibility index (Phi) is 5.55. The molecule has 160 valence electrons. The molecule has 0 amide bonds. The number of aromatic hydroxyl groups is 1. The van der Waals surface area contributed by atoms with Gasteiger partial charge in [-0.1, -0.05) is 71.9 Å². The second-order valence-electron chi connectivity index (χ2n) is 7.00. The molecule has 1 aliphatic heterocycles. The predicted octanol–water partition coefficient (Wildman–Crippen LogP) is 5.83. The molecule has 1 unspecified atom stereocenters. The van der Waals surface area contributed by atoms with Crippen LogP contribution < -0.4 is 10.1 Å². The van der Waals surface area contributed by atoms with E-state index in [4.69, 9.17) is 16.3 Å². The maximum atomic E-state index is 14.0. The highest BCUT2D eigenvalue weighted by Crippen LogP contribution is 2.42. The molecule has 0 aliphatic carbocycles. The van der Waals surface area contributed by atoms with Crippen LogP contribution in [0.2, 0.25) is 5.02 Å². The fourth-order valence-electron chi connectivity index (χ4n) is 3.35. The number of anilines is 1. The van der Waals surface area contributed by atoms with Gasteiger partial charge in [0.1, 0.15) is 11.6 Å². The molecule has 2 N–H and O–H groups in total. The summed E-state index contributed by atoms with van der Waals surface area (Å²) in [7, 11) is 0. The van der Waals surface area contributed by atoms with Gasteiger partial charge in [-0.3, -0.25) is 0 Å². The number of para-hydroxylation sites is 1. The molecule has 2 heterocycles. The van der Waals surface area contributed by atoms with Crippen LogP contribution in [0.25, 0.3) is 11.3 Å². The van der Waals surface area contributed by atoms with Gasteiger partial charge in [0.25, 0.3) is 0 Å². The van der Waals surface area contributed by atoms with Gasteiger partial charge in [-0.15, -0.1) is 10.2 Å². The first kappa shape index (κ1) is 20.5. The minimum Gasteiger partial charge on any atom is -0.506 e. The first-order valence-corrected chi connectivity index (χ1v) is 11.1. The summed E-state index contributed by atoms with van der Waals surface area (Å²) in [5, 5.41) is 22.4. The van der Waals surface area contributed by atoms with E-state index in [1.807, 2.05) is 24.3 Å². The fraction of sp³-hybridized carbons (Fsp3) is 0.0870. The third-order valence-corrected chi connectivity index (χ3v) is 6.24. The van der Waals surface area contributed by atoms with Crippen LogP contribution in [0.5, 0.6) is 11.6 Å². The quantitative estimate of drug-likeness (QED) is 0.366. The number of hydrogen-bond donors (Lipinski definition) is 2. The Morgan fingerprint density at radius 2 is 1.84 bits per heavy atom. The number of ether oxygens (including phenoxy) is 1. The van der Waals surface area contributed by atoms with Crippen molar-refractivity contribution in [1.29, 1.82) is 0 Å². The zero-order valence-electron chi connectivity index (χ0n) is 16.5. The average Bonchev–Trinajstić information content (AvgIpc) is 2.97. The Labute approximate surface area is 192 Å². The van der Waals surface area contributed by atoms with Gasteiger partial charge in [0.2, 0.25) is 11.0 Å². The molecular formula is C23H16ClFN4O2S. The van der Waals surface area contributed by atoms with E-state index >= 15 is 0 Å². The van der Waals surface area contributed by atoms with Crippen LogP contribution in [0.15, 0.2) is 71.9 Å². The molecule has 3 aromatic carbocycles. The molecule has 0 spiro atoms. The van der Waals surface area contributed by atoms with Crippen LogP contribution in [0.4, 0.5) is 10.1 Å². The minimum atomic E-state index is -0.724. The largest absolute Gasteiger partial charge is 0.506 e. The second-order valence-corrected chi connectivity index (χ2v) is 8.32. The van der Waals surface area contributed by atoms with Crippen LogP contribution in [-0.4, -0.2) is 20.3 Å². The van der Waals surface area contributed by atoms with Crippen molar-refractivity contribution >= 4 is 29.1 Å². The molecule has 5 rings (SSSR count). The van der Waals surface area contributed by atoms with Crippen LogP contribution in [0.1, 0.15) is 17.4 Å². The van der Waals surface area contributed by atoms with Crippen LogP contribution in [0.3, 0.4) is 0 Å². The first-order valence-electron chi connectivity index (χ1n) is 9.71. The Hall–Kier alpha value is -3.36. The summed E-state index contributed by atoms with van der Waals surface area (Å²) in [6, 6.07) is 19.1. The number of halogens is 2. The van der Waals surface area contributed by atoms with Gasteiger partial charge in [-0.2, -0.15) is 4.98 Å². The summed E-state index contributed by atoms with van der Waals surface area (Å²) in [6.07, 6.45) is -0.724. The van der Waals surface area contributed by atoms with E-state index in [0.29, 0.717) is 27.7 Å². The lowest BCUT2D eigenvalue weighted by molar-refractivity contribution is 0.225. The highest BCUT2D eigenvalue weighted by molar-refractivity contribution is 7.98. The van der Waals surface area contributed by atoms with E-state index in [9.17, 15) is 9.50 Å². The summed E-state index contributed by atoms with van der Waals surface area (Å²) >= 11 is 7.60. The van der Waals surface area contributed by atoms with Crippen LogP contribution in [-0.2, 0) is 5.75 Å². The zero-order valence-corrected chi connectivity index (χ0v) is 18.1. The number of nitrogens with zero attached hydrogens (tertiary/aromatic N) is 3. The molecule has 1 aromatic heterocycles. The molecule has 0 saturated carbocycles. The second kappa shape index (κ2) is 8.64. The van der Waals surface area contributed by atoms with Crippen molar-refractivity contribution in [2.45, 2.75) is 17.1 Å². The molecule has 1 aliphatic rings. The lowest BCUT2D eigenvalue weighted by Gasteiger charge is -2.20. The van der Waals surface area contributed by atoms with Crippen molar-refractivity contribution < 1.29 is 14.2 Å². The first-order chi connectivity index (χ1) is 15.6. The lowest BCUT2D eigenvalue weighted by Crippen LogP contribution is -2.17. The Morgan fingerprint density at radius 3 is 2.72 bits per heavy atom. The van der Waals surface area contributed by atoms with E-state index < -0.39 is 6.23 Å². The topological polar surface area (TPSA) is 80.2 Å². The number of nitrogens with one attached hydrogen (secondary N) is 1. The SMILES string of the molecule is Oc1cccc(C2Nc3ccccc3-c3nnc(SCc4ccccc4F)nc3O2)c1Cl. The zero-order chi connectivity index (χ0) is 22.1. The average molecular weight is 467 g/mol. The van der Waals surface area contributed by atoms with Gasteiger partial charge < -0.3 is 15.2 Å². The van der Waals surface area contributed by atoms with Crippen molar-refractivity contribution in [1.82, 2.24) is 15.2 Å². The van der Waals surface area contributed by atoms with E-state index in [0.717, 1.165) is 11.3 Å². The number of thioether (sulfide) groups is 1. The molecule has 0 saturated heterocycles. The Balaban J connectivity index is 1.52. The van der Waals surface area contributed by atoms with Crippen LogP contribution in [0, 0.1) is 5.82 Å². The van der Waals surface area contributed by atoms with E-state index in [2.05, 4.69) is 20.5 Å². The standard InChI is InChI=1S/C23H16ClFN4O2S/c24-19-15(8-5-11-18(19)30)21-26-17-10-4-2-7-14(17)20-22(31-21)27-23(29-28-20)32-12-13-6-1-3-9-16(13)25/h1-11,21,26,30H,12H2. The summed E-state index contributed by atoms with van der Waals surface area (Å²) in [4.78, 5) is 4.54. The van der Waals surface area contributed by atoms with Crippen molar-refractivity contribution in [3.63, 3.8) is 0 Å². The number of hydrogen-bond acceptors (Lipinski definition) is 7. The number of rotatable bonds is 4. The fourth-order valence-corrected chi connectivity index (χ4v) is 4.34. The number of phenols is 1. The molecule has 4 aromatic rings. The van der Waals surface area contributed by atoms with Crippen molar-refractivity contribution in [2.24, 2.45) is 0 Å². The van der Waals surface area contributed by atoms with Crippen molar-refractivity contribution in [3.8, 4) is 22.9 Å². The number of phenolic OH excluding ortho intramolecular Hbond substituents is 1. The maximum absolute atomic E-state index is 14.0. The maximum Gasteiger partial charge on any atom is 0.247 e. The van der Waals surface area contributed by atoms with Gasteiger partial charge in [0.05, 0.1) is 5.02 Å². The van der Waals surface area contributed by atoms with E-state index in [1.54, 1.807) is 30.3 Å². The Bertz CT molecular complexity index is 1310. The highest BCUT2D eigenvalue weighted by atomic mass is 35.5. The van der Waals surface area contributed by atoms with Gasteiger partial charge in [0.15, 0.2) is 11.9 Å². The molecule has 32 heavy (non-hydrogen) atoms. The molecule has 1 atom stereocenters. The molecular weight excluding hydrogens is 451 g/mol. The third-order valence-electron chi connectivity index (χ3n) is 4.94. The summed E-state index contributed by atoms with van der Waals surface area (Å²) in [5.74, 6) is 0.284. The smallest absolute Gasteiger partial charge is 0.247 e.